The fourth-order valence-corrected chi connectivity index (χ4v) is 2.93. The summed E-state index contributed by atoms with van der Waals surface area (Å²) in [7, 11) is 0. The van der Waals surface area contributed by atoms with Gasteiger partial charge in [-0.05, 0) is 12.8 Å². The topological polar surface area (TPSA) is 47.7 Å². The molecule has 0 radical (unpaired) electrons. The number of aromatic nitrogens is 4. The standard InChI is InChI=1S/C14H19N5/c1-2-11(1)14-17-12-9-15-4-3-13(12)19(14)8-7-18-6-5-16-10-18/h5-6,10-11,15H,1-4,7-9H2. The molecule has 0 aromatic carbocycles. The number of hydrogen-bond acceptors (Lipinski definition) is 3. The van der Waals surface area contributed by atoms with Crippen molar-refractivity contribution in [2.75, 3.05) is 6.54 Å². The van der Waals surface area contributed by atoms with E-state index < -0.39 is 0 Å². The highest BCUT2D eigenvalue weighted by atomic mass is 15.2. The van der Waals surface area contributed by atoms with Crippen molar-refractivity contribution in [3.63, 3.8) is 0 Å². The van der Waals surface area contributed by atoms with E-state index in [-0.39, 0.29) is 0 Å². The third-order valence-corrected chi connectivity index (χ3v) is 4.10. The maximum Gasteiger partial charge on any atom is 0.112 e. The lowest BCUT2D eigenvalue weighted by atomic mass is 10.2. The first-order valence-corrected chi connectivity index (χ1v) is 7.16. The first-order chi connectivity index (χ1) is 9.42. The van der Waals surface area contributed by atoms with Crippen LogP contribution in [0.1, 0.15) is 36.0 Å². The van der Waals surface area contributed by atoms with Gasteiger partial charge in [0, 0.05) is 56.6 Å². The Morgan fingerprint density at radius 2 is 2.26 bits per heavy atom. The molecule has 1 aliphatic heterocycles. The molecule has 0 unspecified atom stereocenters. The van der Waals surface area contributed by atoms with E-state index in [4.69, 9.17) is 4.98 Å². The number of fused-ring (bicyclic) bond motifs is 1. The Labute approximate surface area is 112 Å². The first-order valence-electron chi connectivity index (χ1n) is 7.16. The van der Waals surface area contributed by atoms with E-state index in [1.807, 2.05) is 18.7 Å². The Kier molecular flexibility index (Phi) is 2.65. The van der Waals surface area contributed by atoms with E-state index >= 15 is 0 Å². The first kappa shape index (κ1) is 11.2. The van der Waals surface area contributed by atoms with E-state index in [1.165, 1.54) is 30.1 Å². The number of rotatable bonds is 4. The molecule has 0 atom stereocenters. The van der Waals surface area contributed by atoms with E-state index in [2.05, 4.69) is 19.4 Å². The Morgan fingerprint density at radius 3 is 3.05 bits per heavy atom. The van der Waals surface area contributed by atoms with Crippen molar-refractivity contribution in [2.24, 2.45) is 0 Å². The maximum absolute atomic E-state index is 4.89. The monoisotopic (exact) mass is 257 g/mol. The Morgan fingerprint density at radius 1 is 1.32 bits per heavy atom. The molecule has 19 heavy (non-hydrogen) atoms. The average Bonchev–Trinajstić information content (AvgIpc) is 3.02. The number of aryl methyl sites for hydroxylation is 1. The van der Waals surface area contributed by atoms with Crippen LogP contribution in [0.2, 0.25) is 0 Å². The number of nitrogens with one attached hydrogen (secondary N) is 1. The van der Waals surface area contributed by atoms with Crippen molar-refractivity contribution in [1.29, 1.82) is 0 Å². The van der Waals surface area contributed by atoms with Gasteiger partial charge < -0.3 is 14.5 Å². The number of imidazole rings is 2. The van der Waals surface area contributed by atoms with Crippen LogP contribution in [0.3, 0.4) is 0 Å². The summed E-state index contributed by atoms with van der Waals surface area (Å²) < 4.78 is 4.62. The predicted octanol–water partition coefficient (Wildman–Crippen LogP) is 1.30. The summed E-state index contributed by atoms with van der Waals surface area (Å²) in [6.07, 6.45) is 9.50. The lowest BCUT2D eigenvalue weighted by Crippen LogP contribution is -2.25. The second kappa shape index (κ2) is 4.49. The highest BCUT2D eigenvalue weighted by molar-refractivity contribution is 5.24. The third-order valence-electron chi connectivity index (χ3n) is 4.10. The van der Waals surface area contributed by atoms with Crippen molar-refractivity contribution in [1.82, 2.24) is 24.4 Å². The van der Waals surface area contributed by atoms with Crippen LogP contribution in [0.4, 0.5) is 0 Å². The zero-order chi connectivity index (χ0) is 12.7. The third kappa shape index (κ3) is 2.08. The van der Waals surface area contributed by atoms with Crippen LogP contribution < -0.4 is 5.32 Å². The van der Waals surface area contributed by atoms with Crippen molar-refractivity contribution < 1.29 is 0 Å². The van der Waals surface area contributed by atoms with Crippen LogP contribution in [0.5, 0.6) is 0 Å². The molecular weight excluding hydrogens is 238 g/mol. The molecule has 1 saturated carbocycles. The Bertz CT molecular complexity index is 565. The van der Waals surface area contributed by atoms with Gasteiger partial charge in [0.2, 0.25) is 0 Å². The molecule has 100 valence electrons. The highest BCUT2D eigenvalue weighted by Crippen LogP contribution is 2.40. The average molecular weight is 257 g/mol. The zero-order valence-corrected chi connectivity index (χ0v) is 11.0. The second-order valence-electron chi connectivity index (χ2n) is 5.52. The van der Waals surface area contributed by atoms with E-state index in [9.17, 15) is 0 Å². The largest absolute Gasteiger partial charge is 0.336 e. The van der Waals surface area contributed by atoms with Crippen molar-refractivity contribution in [2.45, 2.75) is 44.8 Å². The maximum atomic E-state index is 4.89. The molecular formula is C14H19N5. The SMILES string of the molecule is c1cn(CCn2c(C3CC3)nc3c2CCNC3)cn1. The van der Waals surface area contributed by atoms with Gasteiger partial charge in [0.15, 0.2) is 0 Å². The van der Waals surface area contributed by atoms with Crippen molar-refractivity contribution in [3.05, 3.63) is 35.9 Å². The summed E-state index contributed by atoms with van der Waals surface area (Å²) in [6.45, 7) is 4.02. The fraction of sp³-hybridized carbons (Fsp3) is 0.571. The van der Waals surface area contributed by atoms with Crippen LogP contribution in [-0.2, 0) is 26.1 Å². The predicted molar refractivity (Wildman–Crippen MR) is 71.8 cm³/mol. The summed E-state index contributed by atoms with van der Waals surface area (Å²) in [5.41, 5.74) is 2.74. The van der Waals surface area contributed by atoms with Gasteiger partial charge in [0.25, 0.3) is 0 Å². The molecule has 5 heteroatoms. The molecule has 2 aliphatic rings. The van der Waals surface area contributed by atoms with Crippen LogP contribution in [-0.4, -0.2) is 25.6 Å². The second-order valence-corrected chi connectivity index (χ2v) is 5.52. The summed E-state index contributed by atoms with van der Waals surface area (Å²) >= 11 is 0. The molecule has 1 N–H and O–H groups in total. The molecule has 2 aromatic heterocycles. The van der Waals surface area contributed by atoms with Gasteiger partial charge in [0.05, 0.1) is 12.0 Å². The Hall–Kier alpha value is -1.62. The summed E-state index contributed by atoms with van der Waals surface area (Å²) in [5, 5.41) is 3.42. The van der Waals surface area contributed by atoms with Crippen LogP contribution in [0.25, 0.3) is 0 Å². The van der Waals surface area contributed by atoms with Crippen molar-refractivity contribution >= 4 is 0 Å². The molecule has 0 spiro atoms. The molecule has 4 rings (SSSR count). The van der Waals surface area contributed by atoms with E-state index in [0.29, 0.717) is 5.92 Å². The van der Waals surface area contributed by atoms with E-state index in [0.717, 1.165) is 32.6 Å². The molecule has 0 saturated heterocycles. The van der Waals surface area contributed by atoms with Crippen LogP contribution in [0, 0.1) is 0 Å². The summed E-state index contributed by atoms with van der Waals surface area (Å²) in [4.78, 5) is 9.00. The Balaban J connectivity index is 1.62. The van der Waals surface area contributed by atoms with Crippen LogP contribution >= 0.6 is 0 Å². The van der Waals surface area contributed by atoms with Gasteiger partial charge in [-0.2, -0.15) is 0 Å². The lowest BCUT2D eigenvalue weighted by molar-refractivity contribution is 0.528. The summed E-state index contributed by atoms with van der Waals surface area (Å²) in [5.74, 6) is 2.04. The molecule has 0 amide bonds. The van der Waals surface area contributed by atoms with Gasteiger partial charge in [-0.1, -0.05) is 0 Å². The summed E-state index contributed by atoms with van der Waals surface area (Å²) in [6, 6.07) is 0. The normalized spacial score (nSPS) is 18.5. The molecule has 2 aromatic rings. The number of nitrogens with zero attached hydrogens (tertiary/aromatic N) is 4. The molecule has 1 fully saturated rings. The highest BCUT2D eigenvalue weighted by Gasteiger charge is 2.31. The smallest absolute Gasteiger partial charge is 0.112 e. The van der Waals surface area contributed by atoms with E-state index in [1.54, 1.807) is 0 Å². The van der Waals surface area contributed by atoms with Gasteiger partial charge in [-0.15, -0.1) is 0 Å². The van der Waals surface area contributed by atoms with Gasteiger partial charge >= 0.3 is 0 Å². The minimum Gasteiger partial charge on any atom is -0.336 e. The van der Waals surface area contributed by atoms with Crippen LogP contribution in [0.15, 0.2) is 18.7 Å². The molecule has 0 bridgehead atoms. The fourth-order valence-electron chi connectivity index (χ4n) is 2.93. The molecule has 3 heterocycles. The van der Waals surface area contributed by atoms with Gasteiger partial charge in [0.1, 0.15) is 5.82 Å². The zero-order valence-electron chi connectivity index (χ0n) is 11.0. The van der Waals surface area contributed by atoms with Gasteiger partial charge in [-0.25, -0.2) is 9.97 Å². The van der Waals surface area contributed by atoms with Gasteiger partial charge in [-0.3, -0.25) is 0 Å². The minimum absolute atomic E-state index is 0.716. The molecule has 1 aliphatic carbocycles. The quantitative estimate of drug-likeness (QED) is 0.898. The number of hydrogen-bond donors (Lipinski definition) is 1. The minimum atomic E-state index is 0.716. The molecule has 5 nitrogen and oxygen atoms in total. The van der Waals surface area contributed by atoms with Crippen molar-refractivity contribution in [3.8, 4) is 0 Å². The lowest BCUT2D eigenvalue weighted by Gasteiger charge is -2.16.